The molecule has 1 aliphatic carbocycles. The zero-order chi connectivity index (χ0) is 27.9. The van der Waals surface area contributed by atoms with Gasteiger partial charge in [0.05, 0.1) is 22.3 Å². The third kappa shape index (κ3) is 5.57. The van der Waals surface area contributed by atoms with E-state index in [1.165, 1.54) is 30.0 Å². The van der Waals surface area contributed by atoms with Gasteiger partial charge in [0.2, 0.25) is 0 Å². The van der Waals surface area contributed by atoms with Crippen LogP contribution in [0.3, 0.4) is 0 Å². The lowest BCUT2D eigenvalue weighted by Crippen LogP contribution is -2.39. The summed E-state index contributed by atoms with van der Waals surface area (Å²) in [6.07, 6.45) is 5.92. The molecule has 0 bridgehead atoms. The molecule has 0 saturated carbocycles. The van der Waals surface area contributed by atoms with Crippen LogP contribution < -0.4 is 0 Å². The van der Waals surface area contributed by atoms with Crippen LogP contribution in [-0.4, -0.2) is 27.2 Å². The van der Waals surface area contributed by atoms with E-state index in [0.29, 0.717) is 38.8 Å². The van der Waals surface area contributed by atoms with Crippen LogP contribution in [-0.2, 0) is 20.7 Å². The van der Waals surface area contributed by atoms with Gasteiger partial charge in [-0.3, -0.25) is 0 Å². The number of hydrogen-bond acceptors (Lipinski definition) is 4. The van der Waals surface area contributed by atoms with Crippen LogP contribution in [0.4, 0.5) is 8.78 Å². The number of ether oxygens (including phenoxy) is 1. The minimum Gasteiger partial charge on any atom is -0.479 e. The highest BCUT2D eigenvalue weighted by Crippen LogP contribution is 2.51. The van der Waals surface area contributed by atoms with Gasteiger partial charge >= 0.3 is 5.97 Å². The molecule has 0 saturated heterocycles. The normalized spacial score (nSPS) is 22.3. The van der Waals surface area contributed by atoms with Gasteiger partial charge in [-0.15, -0.1) is 0 Å². The molecule has 0 spiro atoms. The Labute approximate surface area is 243 Å². The topological polar surface area (TPSA) is 64.3 Å². The van der Waals surface area contributed by atoms with Crippen LogP contribution in [0.1, 0.15) is 42.6 Å². The number of aliphatic carboxylic acids is 1. The number of nitrogens with zero attached hydrogens (tertiary/aromatic N) is 2. The molecular formula is C28H23Cl3F2N2O3S. The van der Waals surface area contributed by atoms with Crippen molar-refractivity contribution in [3.8, 4) is 0 Å². The fourth-order valence-corrected chi connectivity index (χ4v) is 6.91. The molecule has 3 aromatic rings. The van der Waals surface area contributed by atoms with Gasteiger partial charge in [0.25, 0.3) is 0 Å². The Morgan fingerprint density at radius 1 is 1.18 bits per heavy atom. The summed E-state index contributed by atoms with van der Waals surface area (Å²) in [5, 5.41) is 10.9. The van der Waals surface area contributed by atoms with Crippen molar-refractivity contribution >= 4 is 52.5 Å². The molecule has 3 unspecified atom stereocenters. The first kappa shape index (κ1) is 28.0. The summed E-state index contributed by atoms with van der Waals surface area (Å²) in [5.74, 6) is -1.97. The van der Waals surface area contributed by atoms with E-state index < -0.39 is 29.6 Å². The van der Waals surface area contributed by atoms with Gasteiger partial charge in [-0.2, -0.15) is 0 Å². The van der Waals surface area contributed by atoms with E-state index in [1.807, 2.05) is 12.1 Å². The molecule has 39 heavy (non-hydrogen) atoms. The number of carboxylic acid groups (broad SMARTS) is 1. The number of hydrogen-bond donors (Lipinski definition) is 1. The zero-order valence-corrected chi connectivity index (χ0v) is 23.7. The Morgan fingerprint density at radius 2 is 1.97 bits per heavy atom. The molecule has 1 N–H and O–H groups in total. The fourth-order valence-electron chi connectivity index (χ4n) is 5.27. The number of benzene rings is 2. The lowest BCUT2D eigenvalue weighted by atomic mass is 9.68. The van der Waals surface area contributed by atoms with Crippen LogP contribution in [0.2, 0.25) is 15.1 Å². The van der Waals surface area contributed by atoms with Crippen molar-refractivity contribution < 1.29 is 23.4 Å². The molecule has 1 aliphatic heterocycles. The number of allylic oxidation sites excluding steroid dienone is 3. The van der Waals surface area contributed by atoms with Gasteiger partial charge in [0, 0.05) is 21.9 Å². The molecule has 2 heterocycles. The van der Waals surface area contributed by atoms with Crippen molar-refractivity contribution in [1.82, 2.24) is 9.55 Å². The predicted molar refractivity (Wildman–Crippen MR) is 149 cm³/mol. The van der Waals surface area contributed by atoms with Crippen LogP contribution in [0, 0.1) is 11.7 Å². The van der Waals surface area contributed by atoms with E-state index in [2.05, 4.69) is 11.5 Å². The monoisotopic (exact) mass is 610 g/mol. The summed E-state index contributed by atoms with van der Waals surface area (Å²) in [7, 11) is 0. The molecule has 11 heteroatoms. The van der Waals surface area contributed by atoms with Crippen molar-refractivity contribution in [1.29, 1.82) is 0 Å². The second kappa shape index (κ2) is 11.2. The van der Waals surface area contributed by atoms with E-state index in [0.717, 1.165) is 16.8 Å². The van der Waals surface area contributed by atoms with Crippen molar-refractivity contribution in [2.45, 2.75) is 42.1 Å². The van der Waals surface area contributed by atoms with E-state index in [-0.39, 0.29) is 17.7 Å². The number of fused-ring (bicyclic) bond motifs is 3. The Morgan fingerprint density at radius 3 is 2.69 bits per heavy atom. The summed E-state index contributed by atoms with van der Waals surface area (Å²) in [6, 6.07) is 9.43. The lowest BCUT2D eigenvalue weighted by molar-refractivity contribution is -0.140. The molecule has 0 amide bonds. The standard InChI is InChI=1S/C28H23Cl3F2N2O3S/c1-28(17-4-6-19(29)21(31)8-17)11-15-3-7-22(33)24(38-13-26(36)37)10-23(15)35-25(28)12-34-27(35)39-14-16-2-5-18(32)9-20(16)30/h2,4-10,12,15,23H,3,11,13-14H2,1H3,(H,36,37). The van der Waals surface area contributed by atoms with Gasteiger partial charge in [0.15, 0.2) is 23.3 Å². The molecular weight excluding hydrogens is 589 g/mol. The fraction of sp³-hybridized carbons (Fsp3) is 0.286. The summed E-state index contributed by atoms with van der Waals surface area (Å²) in [5.41, 5.74) is 2.02. The SMILES string of the molecule is CC1(c2ccc(Cl)c(Cl)c2)CC2CC=C(F)C(OCC(=O)O)=CC2n2c1cnc2SCc1ccc(F)cc1Cl. The van der Waals surface area contributed by atoms with Crippen LogP contribution in [0.15, 0.2) is 71.5 Å². The second-order valence-electron chi connectivity index (χ2n) is 9.74. The summed E-state index contributed by atoms with van der Waals surface area (Å²) < 4.78 is 36.0. The van der Waals surface area contributed by atoms with E-state index in [9.17, 15) is 9.18 Å². The van der Waals surface area contributed by atoms with Crippen molar-refractivity contribution in [2.24, 2.45) is 5.92 Å². The molecule has 3 atom stereocenters. The van der Waals surface area contributed by atoms with Gasteiger partial charge in [-0.1, -0.05) is 58.7 Å². The first-order chi connectivity index (χ1) is 18.6. The maximum atomic E-state index is 15.0. The van der Waals surface area contributed by atoms with Gasteiger partial charge in [0.1, 0.15) is 5.82 Å². The number of halogens is 5. The molecule has 5 nitrogen and oxygen atoms in total. The number of aromatic nitrogens is 2. The van der Waals surface area contributed by atoms with E-state index in [4.69, 9.17) is 49.6 Å². The summed E-state index contributed by atoms with van der Waals surface area (Å²) in [6.45, 7) is 1.44. The molecule has 204 valence electrons. The van der Waals surface area contributed by atoms with Crippen LogP contribution in [0.25, 0.3) is 0 Å². The first-order valence-corrected chi connectivity index (χ1v) is 14.2. The summed E-state index contributed by atoms with van der Waals surface area (Å²) >= 11 is 20.3. The molecule has 0 fully saturated rings. The smallest absolute Gasteiger partial charge is 0.341 e. The van der Waals surface area contributed by atoms with Crippen LogP contribution in [0.5, 0.6) is 0 Å². The number of carbonyl (C=O) groups is 1. The molecule has 2 aromatic carbocycles. The maximum absolute atomic E-state index is 15.0. The first-order valence-electron chi connectivity index (χ1n) is 12.1. The highest BCUT2D eigenvalue weighted by molar-refractivity contribution is 7.98. The molecule has 5 rings (SSSR count). The Hall–Kier alpha value is -2.52. The largest absolute Gasteiger partial charge is 0.479 e. The Kier molecular flexibility index (Phi) is 8.02. The zero-order valence-electron chi connectivity index (χ0n) is 20.6. The third-order valence-corrected chi connectivity index (χ3v) is 9.32. The van der Waals surface area contributed by atoms with Crippen molar-refractivity contribution in [3.05, 3.63) is 104 Å². The lowest BCUT2D eigenvalue weighted by Gasteiger charge is -2.43. The van der Waals surface area contributed by atoms with E-state index in [1.54, 1.807) is 24.4 Å². The minimum absolute atomic E-state index is 0.0726. The van der Waals surface area contributed by atoms with Gasteiger partial charge in [-0.05, 0) is 73.2 Å². The van der Waals surface area contributed by atoms with Gasteiger partial charge in [-0.25, -0.2) is 18.6 Å². The maximum Gasteiger partial charge on any atom is 0.341 e. The quantitative estimate of drug-likeness (QED) is 0.272. The number of imidazole rings is 1. The molecule has 0 radical (unpaired) electrons. The van der Waals surface area contributed by atoms with Crippen LogP contribution >= 0.6 is 46.6 Å². The molecule has 1 aromatic heterocycles. The van der Waals surface area contributed by atoms with Gasteiger partial charge < -0.3 is 14.4 Å². The van der Waals surface area contributed by atoms with Crippen molar-refractivity contribution in [3.63, 3.8) is 0 Å². The predicted octanol–water partition coefficient (Wildman–Crippen LogP) is 8.38. The number of carboxylic acids is 1. The van der Waals surface area contributed by atoms with E-state index >= 15 is 4.39 Å². The highest BCUT2D eigenvalue weighted by Gasteiger charge is 2.45. The average molecular weight is 612 g/mol. The third-order valence-electron chi connectivity index (χ3n) is 7.22. The number of rotatable bonds is 7. The Balaban J connectivity index is 1.61. The molecule has 2 aliphatic rings. The Bertz CT molecular complexity index is 1510. The van der Waals surface area contributed by atoms with Crippen molar-refractivity contribution in [2.75, 3.05) is 6.61 Å². The highest BCUT2D eigenvalue weighted by atomic mass is 35.5. The number of thioether (sulfide) groups is 1. The summed E-state index contributed by atoms with van der Waals surface area (Å²) in [4.78, 5) is 15.9. The average Bonchev–Trinajstić information content (AvgIpc) is 3.25. The minimum atomic E-state index is -1.20. The second-order valence-corrected chi connectivity index (χ2v) is 11.9.